The normalized spacial score (nSPS) is 12.7. The number of hydrogen-bond acceptors (Lipinski definition) is 2. The number of hydrogen-bond donors (Lipinski definition) is 1. The van der Waals surface area contributed by atoms with Crippen LogP contribution in [0.3, 0.4) is 0 Å². The Morgan fingerprint density at radius 3 is 2.45 bits per heavy atom. The average molecular weight is 490 g/mol. The lowest BCUT2D eigenvalue weighted by Gasteiger charge is -2.16. The Morgan fingerprint density at radius 2 is 1.90 bits per heavy atom. The Morgan fingerprint density at radius 1 is 1.20 bits per heavy atom. The molecule has 0 aliphatic heterocycles. The van der Waals surface area contributed by atoms with E-state index in [-0.39, 0.29) is 22.5 Å². The summed E-state index contributed by atoms with van der Waals surface area (Å²) in [7, 11) is 1.78. The summed E-state index contributed by atoms with van der Waals surface area (Å²) in [6.07, 6.45) is 0.243. The zero-order valence-corrected chi connectivity index (χ0v) is 15.9. The van der Waals surface area contributed by atoms with Gasteiger partial charge in [-0.25, -0.2) is 8.78 Å². The quantitative estimate of drug-likeness (QED) is 0.534. The van der Waals surface area contributed by atoms with Crippen LogP contribution in [-0.4, -0.2) is 7.05 Å². The second-order valence-electron chi connectivity index (χ2n) is 4.14. The molecule has 0 aliphatic carbocycles. The van der Waals surface area contributed by atoms with E-state index in [4.69, 9.17) is 0 Å². The molecule has 0 saturated carbocycles. The molecule has 1 atom stereocenters. The van der Waals surface area contributed by atoms with E-state index in [2.05, 4.69) is 53.1 Å². The van der Waals surface area contributed by atoms with Gasteiger partial charge < -0.3 is 5.32 Å². The molecule has 1 heterocycles. The first-order valence-electron chi connectivity index (χ1n) is 5.68. The molecule has 1 aromatic heterocycles. The number of thiophene rings is 1. The predicted octanol–water partition coefficient (Wildman–Crippen LogP) is 5.82. The van der Waals surface area contributed by atoms with E-state index in [1.807, 2.05) is 6.07 Å². The monoisotopic (exact) mass is 487 g/mol. The first-order valence-corrected chi connectivity index (χ1v) is 8.88. The molecule has 2 aromatic rings. The van der Waals surface area contributed by atoms with Crippen LogP contribution in [-0.2, 0) is 6.42 Å². The molecule has 0 spiro atoms. The lowest BCUT2D eigenvalue weighted by Crippen LogP contribution is -2.19. The molecule has 0 bridgehead atoms. The van der Waals surface area contributed by atoms with Gasteiger partial charge in [-0.2, -0.15) is 0 Å². The SMILES string of the molecule is CNC(Cc1c(F)ccc(Br)c1F)c1cc(Br)c(Br)s1. The Labute approximate surface area is 145 Å². The topological polar surface area (TPSA) is 12.0 Å². The van der Waals surface area contributed by atoms with Crippen LogP contribution < -0.4 is 5.32 Å². The lowest BCUT2D eigenvalue weighted by molar-refractivity contribution is 0.516. The largest absolute Gasteiger partial charge is 0.312 e. The summed E-state index contributed by atoms with van der Waals surface area (Å²) < 4.78 is 30.0. The molecule has 7 heteroatoms. The third kappa shape index (κ3) is 3.50. The van der Waals surface area contributed by atoms with Crippen molar-refractivity contribution in [2.75, 3.05) is 7.05 Å². The molecule has 1 unspecified atom stereocenters. The van der Waals surface area contributed by atoms with Crippen LogP contribution >= 0.6 is 59.1 Å². The summed E-state index contributed by atoms with van der Waals surface area (Å²) in [4.78, 5) is 1.00. The van der Waals surface area contributed by atoms with Crippen molar-refractivity contribution in [2.24, 2.45) is 0 Å². The van der Waals surface area contributed by atoms with E-state index in [0.717, 1.165) is 13.1 Å². The molecule has 1 nitrogen and oxygen atoms in total. The van der Waals surface area contributed by atoms with Gasteiger partial charge in [-0.15, -0.1) is 11.3 Å². The van der Waals surface area contributed by atoms with Crippen LogP contribution in [0.1, 0.15) is 16.5 Å². The highest BCUT2D eigenvalue weighted by Gasteiger charge is 2.20. The number of halogens is 5. The molecule has 0 radical (unpaired) electrons. The van der Waals surface area contributed by atoms with Crippen LogP contribution in [0.2, 0.25) is 0 Å². The maximum atomic E-state index is 14.0. The summed E-state index contributed by atoms with van der Waals surface area (Å²) >= 11 is 11.5. The van der Waals surface area contributed by atoms with Crippen LogP contribution in [0.15, 0.2) is 30.9 Å². The number of benzene rings is 1. The molecule has 1 N–H and O–H groups in total. The smallest absolute Gasteiger partial charge is 0.143 e. The molecule has 0 aliphatic rings. The summed E-state index contributed by atoms with van der Waals surface area (Å²) in [6.45, 7) is 0. The summed E-state index contributed by atoms with van der Waals surface area (Å²) in [6, 6.07) is 4.45. The van der Waals surface area contributed by atoms with Gasteiger partial charge in [0.05, 0.1) is 8.26 Å². The first kappa shape index (κ1) is 16.5. The van der Waals surface area contributed by atoms with E-state index in [1.165, 1.54) is 23.5 Å². The number of nitrogens with one attached hydrogen (secondary N) is 1. The van der Waals surface area contributed by atoms with Crippen LogP contribution in [0.5, 0.6) is 0 Å². The maximum absolute atomic E-state index is 14.0. The highest BCUT2D eigenvalue weighted by molar-refractivity contribution is 9.13. The molecule has 0 amide bonds. The second kappa shape index (κ2) is 6.96. The molecule has 108 valence electrons. The van der Waals surface area contributed by atoms with Crippen molar-refractivity contribution in [3.63, 3.8) is 0 Å². The third-order valence-electron chi connectivity index (χ3n) is 2.90. The fourth-order valence-corrected chi connectivity index (χ4v) is 4.41. The third-order valence-corrected chi connectivity index (χ3v) is 6.89. The standard InChI is InChI=1S/C13H10Br3F2NS/c1-19-10(11-5-8(15)13(16)20-11)4-6-9(17)3-2-7(14)12(6)18/h2-3,5,10,19H,4H2,1H3. The minimum Gasteiger partial charge on any atom is -0.312 e. The summed E-state index contributed by atoms with van der Waals surface area (Å²) in [5.41, 5.74) is 0.0827. The van der Waals surface area contributed by atoms with E-state index < -0.39 is 11.6 Å². The highest BCUT2D eigenvalue weighted by atomic mass is 79.9. The van der Waals surface area contributed by atoms with E-state index in [9.17, 15) is 8.78 Å². The van der Waals surface area contributed by atoms with Gasteiger partial charge in [0.25, 0.3) is 0 Å². The van der Waals surface area contributed by atoms with Crippen molar-refractivity contribution in [1.29, 1.82) is 0 Å². The van der Waals surface area contributed by atoms with E-state index in [0.29, 0.717) is 0 Å². The van der Waals surface area contributed by atoms with Gasteiger partial charge in [-0.1, -0.05) is 0 Å². The molecule has 0 saturated heterocycles. The number of rotatable bonds is 4. The van der Waals surface area contributed by atoms with E-state index >= 15 is 0 Å². The second-order valence-corrected chi connectivity index (χ2v) is 8.25. The lowest BCUT2D eigenvalue weighted by atomic mass is 10.0. The Kier molecular flexibility index (Phi) is 5.76. The molecule has 1 aromatic carbocycles. The highest BCUT2D eigenvalue weighted by Crippen LogP contribution is 2.37. The van der Waals surface area contributed by atoms with Gasteiger partial charge in [-0.3, -0.25) is 0 Å². The first-order chi connectivity index (χ1) is 9.43. The van der Waals surface area contributed by atoms with Gasteiger partial charge in [-0.05, 0) is 79.5 Å². The summed E-state index contributed by atoms with van der Waals surface area (Å²) in [5.74, 6) is -1.07. The zero-order chi connectivity index (χ0) is 14.9. The van der Waals surface area contributed by atoms with Crippen LogP contribution in [0.4, 0.5) is 8.78 Å². The zero-order valence-electron chi connectivity index (χ0n) is 10.3. The molecular formula is C13H10Br3F2NS. The van der Waals surface area contributed by atoms with Crippen molar-refractivity contribution in [1.82, 2.24) is 5.32 Å². The molecule has 20 heavy (non-hydrogen) atoms. The van der Waals surface area contributed by atoms with Gasteiger partial charge in [0, 0.05) is 21.0 Å². The number of likely N-dealkylation sites (N-methyl/N-ethyl adjacent to an activating group) is 1. The van der Waals surface area contributed by atoms with Crippen molar-refractivity contribution < 1.29 is 8.78 Å². The minimum atomic E-state index is -0.542. The van der Waals surface area contributed by atoms with Crippen LogP contribution in [0, 0.1) is 11.6 Å². The Bertz CT molecular complexity index is 611. The van der Waals surface area contributed by atoms with Gasteiger partial charge in [0.15, 0.2) is 0 Å². The summed E-state index contributed by atoms with van der Waals surface area (Å²) in [5, 5.41) is 3.10. The molecular weight excluding hydrogens is 480 g/mol. The maximum Gasteiger partial charge on any atom is 0.143 e. The fraction of sp³-hybridized carbons (Fsp3) is 0.231. The fourth-order valence-electron chi connectivity index (χ4n) is 1.84. The Balaban J connectivity index is 2.34. The molecule has 2 rings (SSSR count). The average Bonchev–Trinajstić information content (AvgIpc) is 2.74. The Hall–Kier alpha value is 0.180. The van der Waals surface area contributed by atoms with Gasteiger partial charge >= 0.3 is 0 Å². The van der Waals surface area contributed by atoms with Gasteiger partial charge in [0.2, 0.25) is 0 Å². The van der Waals surface area contributed by atoms with Gasteiger partial charge in [0.1, 0.15) is 11.6 Å². The van der Waals surface area contributed by atoms with E-state index in [1.54, 1.807) is 7.05 Å². The predicted molar refractivity (Wildman–Crippen MR) is 89.3 cm³/mol. The van der Waals surface area contributed by atoms with Crippen molar-refractivity contribution in [3.8, 4) is 0 Å². The minimum absolute atomic E-state index is 0.0827. The van der Waals surface area contributed by atoms with Crippen LogP contribution in [0.25, 0.3) is 0 Å². The molecule has 0 fully saturated rings. The van der Waals surface area contributed by atoms with Crippen molar-refractivity contribution in [2.45, 2.75) is 12.5 Å². The van der Waals surface area contributed by atoms with Crippen molar-refractivity contribution in [3.05, 3.63) is 53.0 Å². The van der Waals surface area contributed by atoms with Crippen molar-refractivity contribution >= 4 is 59.1 Å².